The highest BCUT2D eigenvalue weighted by atomic mass is 19.1. The topological polar surface area (TPSA) is 252 Å². The summed E-state index contributed by atoms with van der Waals surface area (Å²) in [7, 11) is 0. The maximum absolute atomic E-state index is 14.0. The first kappa shape index (κ1) is 50.0. The Balaban J connectivity index is 0.000000175. The van der Waals surface area contributed by atoms with Crippen molar-refractivity contribution >= 4 is 34.5 Å². The minimum absolute atomic E-state index is 0.0344. The van der Waals surface area contributed by atoms with Gasteiger partial charge < -0.3 is 30.3 Å². The summed E-state index contributed by atoms with van der Waals surface area (Å²) in [4.78, 5) is 46.5. The third kappa shape index (κ3) is 10.3. The number of anilines is 2. The van der Waals surface area contributed by atoms with Gasteiger partial charge in [0.05, 0.1) is 58.4 Å². The maximum Gasteiger partial charge on any atom is 0.273 e. The first-order valence-corrected chi connectivity index (χ1v) is 24.5. The zero-order valence-electron chi connectivity index (χ0n) is 41.4. The number of hydrogen-bond donors (Lipinski definition) is 3. The van der Waals surface area contributed by atoms with E-state index in [9.17, 15) is 39.3 Å². The average molecular weight is 1020 g/mol. The first-order valence-electron chi connectivity index (χ1n) is 24.5. The van der Waals surface area contributed by atoms with E-state index in [2.05, 4.69) is 63.8 Å². The number of piperidine rings is 2. The molecule has 0 radical (unpaired) electrons. The summed E-state index contributed by atoms with van der Waals surface area (Å²) < 4.78 is 37.0. The monoisotopic (exact) mass is 1020 g/mol. The van der Waals surface area contributed by atoms with Crippen LogP contribution in [0.1, 0.15) is 84.5 Å². The molecule has 0 aromatic carbocycles. The molecule has 21 heteroatoms. The van der Waals surface area contributed by atoms with Crippen LogP contribution in [-0.4, -0.2) is 99.9 Å². The number of carbonyl (C=O) groups excluding carboxylic acids is 2. The minimum atomic E-state index is -0.642. The van der Waals surface area contributed by atoms with Gasteiger partial charge in [-0.15, -0.1) is 0 Å². The number of carbonyl (C=O) groups is 2. The van der Waals surface area contributed by atoms with Crippen LogP contribution in [-0.2, 0) is 0 Å². The maximum atomic E-state index is 14.0. The van der Waals surface area contributed by atoms with Gasteiger partial charge in [-0.2, -0.15) is 26.0 Å². The van der Waals surface area contributed by atoms with Crippen molar-refractivity contribution in [3.05, 3.63) is 144 Å². The molecule has 2 amide bonds. The van der Waals surface area contributed by atoms with Crippen molar-refractivity contribution in [2.24, 2.45) is 5.41 Å². The van der Waals surface area contributed by atoms with Gasteiger partial charge in [0.2, 0.25) is 0 Å². The van der Waals surface area contributed by atoms with Crippen LogP contribution in [0.5, 0.6) is 11.5 Å². The summed E-state index contributed by atoms with van der Waals surface area (Å²) in [5, 5.41) is 52.9. The molecule has 3 N–H and O–H groups in total. The van der Waals surface area contributed by atoms with E-state index in [1.165, 1.54) is 59.8 Å². The zero-order valence-corrected chi connectivity index (χ0v) is 41.4. The van der Waals surface area contributed by atoms with Gasteiger partial charge in [-0.05, 0) is 113 Å². The van der Waals surface area contributed by atoms with E-state index in [4.69, 9.17) is 9.72 Å². The Morgan fingerprint density at radius 2 is 1.13 bits per heavy atom. The first-order chi connectivity index (χ1) is 36.7. The highest BCUT2D eigenvalue weighted by molar-refractivity contribution is 5.93. The molecular weight excluding hydrogens is 973 g/mol. The van der Waals surface area contributed by atoms with Crippen molar-refractivity contribution in [2.75, 3.05) is 42.6 Å². The Bertz CT molecular complexity index is 3640. The van der Waals surface area contributed by atoms with Crippen LogP contribution in [0.25, 0.3) is 33.3 Å². The van der Waals surface area contributed by atoms with Crippen molar-refractivity contribution < 1.29 is 28.2 Å². The molecule has 1 aliphatic carbocycles. The van der Waals surface area contributed by atoms with Crippen LogP contribution in [0.2, 0.25) is 0 Å². The lowest BCUT2D eigenvalue weighted by Gasteiger charge is -2.40. The van der Waals surface area contributed by atoms with Crippen molar-refractivity contribution in [3.8, 4) is 52.0 Å². The van der Waals surface area contributed by atoms with Crippen LogP contribution < -0.4 is 25.2 Å². The number of ether oxygens (including phenoxy) is 1. The molecule has 0 spiro atoms. The molecule has 76 heavy (non-hydrogen) atoms. The number of nitrogens with one attached hydrogen (secondary N) is 2. The second kappa shape index (κ2) is 20.4. The number of aromatic nitrogens is 8. The molecule has 11 rings (SSSR count). The van der Waals surface area contributed by atoms with Crippen molar-refractivity contribution in [1.29, 1.82) is 15.8 Å². The number of pyridine rings is 6. The van der Waals surface area contributed by atoms with Gasteiger partial charge >= 0.3 is 0 Å². The van der Waals surface area contributed by atoms with E-state index in [-0.39, 0.29) is 17.1 Å². The average Bonchev–Trinajstić information content (AvgIpc) is 3.91. The quantitative estimate of drug-likeness (QED) is 0.113. The summed E-state index contributed by atoms with van der Waals surface area (Å²) in [6, 6.07) is 23.1. The molecule has 0 bridgehead atoms. The van der Waals surface area contributed by atoms with Gasteiger partial charge in [0, 0.05) is 84.3 Å². The fourth-order valence-electron chi connectivity index (χ4n) is 9.49. The lowest BCUT2D eigenvalue weighted by atomic mass is 9.89. The molecule has 3 fully saturated rings. The van der Waals surface area contributed by atoms with Gasteiger partial charge in [-0.25, -0.2) is 37.7 Å². The number of amides is 2. The highest BCUT2D eigenvalue weighted by Crippen LogP contribution is 2.45. The van der Waals surface area contributed by atoms with E-state index >= 15 is 0 Å². The molecule has 0 unspecified atom stereocenters. The Morgan fingerprint density at radius 1 is 0.658 bits per heavy atom. The van der Waals surface area contributed by atoms with E-state index in [0.29, 0.717) is 91.9 Å². The molecule has 2 aliphatic heterocycles. The van der Waals surface area contributed by atoms with Crippen molar-refractivity contribution in [3.63, 3.8) is 0 Å². The van der Waals surface area contributed by atoms with Gasteiger partial charge in [-0.3, -0.25) is 9.59 Å². The van der Waals surface area contributed by atoms with Gasteiger partial charge in [0.25, 0.3) is 11.8 Å². The van der Waals surface area contributed by atoms with Gasteiger partial charge in [-0.1, -0.05) is 0 Å². The van der Waals surface area contributed by atoms with Crippen LogP contribution in [0, 0.1) is 51.0 Å². The molecular formula is C55H49F2N15O4. The molecule has 10 heterocycles. The second-order valence-electron chi connectivity index (χ2n) is 19.8. The third-order valence-electron chi connectivity index (χ3n) is 14.3. The number of rotatable bonds is 11. The third-order valence-corrected chi connectivity index (χ3v) is 14.3. The Labute approximate surface area is 434 Å². The van der Waals surface area contributed by atoms with E-state index in [1.54, 1.807) is 29.2 Å². The van der Waals surface area contributed by atoms with E-state index < -0.39 is 39.9 Å². The summed E-state index contributed by atoms with van der Waals surface area (Å²) in [5.41, 5.74) is 3.28. The predicted octanol–water partition coefficient (Wildman–Crippen LogP) is 7.57. The summed E-state index contributed by atoms with van der Waals surface area (Å²) in [6.07, 6.45) is 16.7. The number of hydrogen-bond acceptors (Lipinski definition) is 15. The van der Waals surface area contributed by atoms with Crippen LogP contribution in [0.15, 0.2) is 110 Å². The van der Waals surface area contributed by atoms with E-state index in [1.807, 2.05) is 44.2 Å². The Kier molecular flexibility index (Phi) is 13.4. The molecule has 8 aromatic heterocycles. The van der Waals surface area contributed by atoms with Crippen LogP contribution in [0.4, 0.5) is 20.4 Å². The van der Waals surface area contributed by atoms with Crippen LogP contribution >= 0.6 is 0 Å². The molecule has 1 saturated carbocycles. The normalized spacial score (nSPS) is 16.1. The molecule has 382 valence electrons. The number of nitriles is 3. The number of nitrogens with zero attached hydrogens (tertiary/aromatic N) is 13. The summed E-state index contributed by atoms with van der Waals surface area (Å²) >= 11 is 0. The van der Waals surface area contributed by atoms with Crippen molar-refractivity contribution in [1.82, 2.24) is 49.8 Å². The zero-order chi connectivity index (χ0) is 53.2. The van der Waals surface area contributed by atoms with E-state index in [0.717, 1.165) is 41.2 Å². The van der Waals surface area contributed by atoms with Crippen LogP contribution in [0.3, 0.4) is 0 Å². The fraction of sp³-hybridized carbons (Fsp3) is 0.291. The molecule has 0 atom stereocenters. The molecule has 19 nitrogen and oxygen atoms in total. The lowest BCUT2D eigenvalue weighted by molar-refractivity contribution is 0.0872. The number of halogens is 2. The Hall–Kier alpha value is -9.55. The molecule has 3 aliphatic rings. The predicted molar refractivity (Wildman–Crippen MR) is 274 cm³/mol. The number of fused-ring (bicyclic) bond motifs is 2. The lowest BCUT2D eigenvalue weighted by Crippen LogP contribution is -2.53. The largest absolute Gasteiger partial charge is 0.506 e. The summed E-state index contributed by atoms with van der Waals surface area (Å²) in [5.74, 6) is -0.149. The van der Waals surface area contributed by atoms with Gasteiger partial charge in [0.15, 0.2) is 23.0 Å². The minimum Gasteiger partial charge on any atom is -0.506 e. The smallest absolute Gasteiger partial charge is 0.273 e. The Morgan fingerprint density at radius 3 is 1.55 bits per heavy atom. The van der Waals surface area contributed by atoms with Gasteiger partial charge in [0.1, 0.15) is 41.9 Å². The standard InChI is InChI=1S/C30H27FN8O2.C25H22FN7O2/c1-29(37-28(40)26-24(31)3-2-10-34-26)8-11-38(12-9-29)25-5-4-20(15-35-25)23-13-22(41-19-30(18-33)6-7-30)17-39-27(23)21(14-32)16-36-39;1-25(31-24(35)22-20(26)3-2-8-28-22)6-9-32(10-7-25)21-5-4-16(13-29-21)19-11-18(34)15-33-23(19)17(12-27)14-30-33/h2-5,10,13,15-17H,6-9,11-12,19H2,1H3,(H,37,40);2-5,8,11,13-15,34H,6-7,9-10H2,1H3,(H,31,35). The highest BCUT2D eigenvalue weighted by Gasteiger charge is 2.44. The van der Waals surface area contributed by atoms with Crippen molar-refractivity contribution in [2.45, 2.75) is 63.5 Å². The number of aromatic hydroxyl groups is 1. The molecule has 2 saturated heterocycles. The molecule has 8 aromatic rings. The second-order valence-corrected chi connectivity index (χ2v) is 19.8. The summed E-state index contributed by atoms with van der Waals surface area (Å²) in [6.45, 7) is 6.84. The SMILES string of the molecule is CC1(NC(=O)c2ncccc2F)CCN(c2ccc(-c3cc(O)cn4ncc(C#N)c34)cn2)CC1.CC1(NC(=O)c2ncccc2F)CCN(c2ccc(-c3cc(OCC4(C#N)CC4)cn4ncc(C#N)c34)cn2)CC1. The fourth-order valence-corrected chi connectivity index (χ4v) is 9.49.